The summed E-state index contributed by atoms with van der Waals surface area (Å²) in [5, 5.41) is 12.9. The lowest BCUT2D eigenvalue weighted by Crippen LogP contribution is -2.31. The number of rotatable bonds is 4. The molecule has 0 fully saturated rings. The van der Waals surface area contributed by atoms with Gasteiger partial charge in [-0.1, -0.05) is 11.6 Å². The molecular weight excluding hydrogens is 282 g/mol. The van der Waals surface area contributed by atoms with Crippen LogP contribution in [0.25, 0.3) is 0 Å². The van der Waals surface area contributed by atoms with Crippen molar-refractivity contribution in [1.29, 1.82) is 0 Å². The van der Waals surface area contributed by atoms with Crippen molar-refractivity contribution >= 4 is 29.3 Å². The summed E-state index contributed by atoms with van der Waals surface area (Å²) < 4.78 is 0. The molecule has 1 aliphatic heterocycles. The highest BCUT2D eigenvalue weighted by Gasteiger charge is 2.22. The molecule has 2 atom stereocenters. The molecule has 0 radical (unpaired) electrons. The zero-order valence-corrected chi connectivity index (χ0v) is 12.4. The van der Waals surface area contributed by atoms with Crippen molar-refractivity contribution in [3.63, 3.8) is 0 Å². The normalized spacial score (nSPS) is 19.6. The second-order valence-electron chi connectivity index (χ2n) is 4.83. The molecule has 0 spiro atoms. The zero-order valence-electron chi connectivity index (χ0n) is 10.9. The number of hydrogen-bond donors (Lipinski definition) is 2. The summed E-state index contributed by atoms with van der Waals surface area (Å²) in [5.41, 5.74) is 1.11. The number of thioether (sulfide) groups is 1. The van der Waals surface area contributed by atoms with Crippen LogP contribution in [0.1, 0.15) is 37.8 Å². The Bertz CT molecular complexity index is 465. The fraction of sp³-hybridized carbons (Fsp3) is 0.500. The van der Waals surface area contributed by atoms with E-state index in [2.05, 4.69) is 5.32 Å². The third kappa shape index (κ3) is 4.13. The molecule has 0 aliphatic carbocycles. The summed E-state index contributed by atoms with van der Waals surface area (Å²) in [6.45, 7) is 1.69. The second kappa shape index (κ2) is 6.64. The van der Waals surface area contributed by atoms with Crippen LogP contribution >= 0.6 is 23.4 Å². The maximum absolute atomic E-state index is 11.8. The number of aliphatic hydroxyl groups is 1. The maximum atomic E-state index is 11.8. The van der Waals surface area contributed by atoms with Gasteiger partial charge in [-0.15, -0.1) is 11.8 Å². The Morgan fingerprint density at radius 2 is 2.42 bits per heavy atom. The van der Waals surface area contributed by atoms with Crippen molar-refractivity contribution in [1.82, 2.24) is 5.32 Å². The largest absolute Gasteiger partial charge is 0.393 e. The third-order valence-corrected chi connectivity index (χ3v) is 4.49. The van der Waals surface area contributed by atoms with Gasteiger partial charge in [-0.05, 0) is 43.5 Å². The lowest BCUT2D eigenvalue weighted by molar-refractivity contribution is -0.122. The number of aliphatic hydroxyl groups excluding tert-OH is 1. The summed E-state index contributed by atoms with van der Waals surface area (Å²) in [6, 6.07) is 5.86. The molecule has 2 rings (SSSR count). The minimum Gasteiger partial charge on any atom is -0.393 e. The first-order valence-corrected chi connectivity index (χ1v) is 7.82. The molecule has 1 amide bonds. The lowest BCUT2D eigenvalue weighted by atomic mass is 10.0. The van der Waals surface area contributed by atoms with E-state index >= 15 is 0 Å². The number of benzene rings is 1. The predicted octanol–water partition coefficient (Wildman–Crippen LogP) is 3.15. The second-order valence-corrected chi connectivity index (χ2v) is 6.40. The number of hydrogen-bond acceptors (Lipinski definition) is 3. The van der Waals surface area contributed by atoms with Crippen molar-refractivity contribution in [3.05, 3.63) is 28.8 Å². The van der Waals surface area contributed by atoms with Gasteiger partial charge in [0.15, 0.2) is 0 Å². The molecule has 0 aromatic heterocycles. The highest BCUT2D eigenvalue weighted by Crippen LogP contribution is 2.37. The molecule has 0 bridgehead atoms. The van der Waals surface area contributed by atoms with Crippen LogP contribution in [0.15, 0.2) is 23.1 Å². The monoisotopic (exact) mass is 299 g/mol. The van der Waals surface area contributed by atoms with E-state index in [0.29, 0.717) is 17.9 Å². The van der Waals surface area contributed by atoms with Crippen molar-refractivity contribution in [2.24, 2.45) is 0 Å². The highest BCUT2D eigenvalue weighted by atomic mass is 35.5. The van der Waals surface area contributed by atoms with E-state index in [1.165, 1.54) is 4.90 Å². The van der Waals surface area contributed by atoms with Gasteiger partial charge in [-0.3, -0.25) is 4.79 Å². The molecule has 19 heavy (non-hydrogen) atoms. The predicted molar refractivity (Wildman–Crippen MR) is 78.6 cm³/mol. The van der Waals surface area contributed by atoms with Crippen LogP contribution in [0.3, 0.4) is 0 Å². The molecule has 1 aromatic carbocycles. The van der Waals surface area contributed by atoms with Gasteiger partial charge < -0.3 is 10.4 Å². The quantitative estimate of drug-likeness (QED) is 0.898. The Kier molecular flexibility index (Phi) is 5.13. The third-order valence-electron chi connectivity index (χ3n) is 3.14. The molecular formula is C14H18ClNO2S. The Labute approximate surface area is 122 Å². The van der Waals surface area contributed by atoms with Crippen LogP contribution < -0.4 is 5.32 Å². The van der Waals surface area contributed by atoms with E-state index in [4.69, 9.17) is 11.6 Å². The van der Waals surface area contributed by atoms with Gasteiger partial charge in [-0.2, -0.15) is 0 Å². The topological polar surface area (TPSA) is 49.3 Å². The van der Waals surface area contributed by atoms with Gasteiger partial charge in [0, 0.05) is 22.1 Å². The van der Waals surface area contributed by atoms with Crippen LogP contribution in [-0.2, 0) is 4.79 Å². The van der Waals surface area contributed by atoms with Crippen molar-refractivity contribution in [3.8, 4) is 0 Å². The Balaban J connectivity index is 2.03. The number of amides is 1. The zero-order chi connectivity index (χ0) is 13.8. The standard InChI is InChI=1S/C14H18ClNO2S/c1-9(17)2-5-14(18)16-12-6-7-19-13-4-3-10(15)8-11(12)13/h3-4,8-9,12,17H,2,5-7H2,1H3,(H,16,18). The van der Waals surface area contributed by atoms with Gasteiger partial charge in [0.1, 0.15) is 0 Å². The van der Waals surface area contributed by atoms with Crippen LogP contribution in [0.4, 0.5) is 0 Å². The Hall–Kier alpha value is -0.710. The van der Waals surface area contributed by atoms with E-state index in [0.717, 1.165) is 17.7 Å². The van der Waals surface area contributed by atoms with Gasteiger partial charge in [-0.25, -0.2) is 0 Å². The van der Waals surface area contributed by atoms with Gasteiger partial charge in [0.05, 0.1) is 12.1 Å². The van der Waals surface area contributed by atoms with Crippen LogP contribution in [0.2, 0.25) is 5.02 Å². The number of halogens is 1. The van der Waals surface area contributed by atoms with E-state index < -0.39 is 6.10 Å². The summed E-state index contributed by atoms with van der Waals surface area (Å²) in [5.74, 6) is 0.986. The molecule has 1 aromatic rings. The molecule has 0 saturated carbocycles. The van der Waals surface area contributed by atoms with E-state index in [-0.39, 0.29) is 11.9 Å². The molecule has 2 unspecified atom stereocenters. The number of carbonyl (C=O) groups excluding carboxylic acids is 1. The molecule has 3 nitrogen and oxygen atoms in total. The smallest absolute Gasteiger partial charge is 0.220 e. The molecule has 0 saturated heterocycles. The van der Waals surface area contributed by atoms with E-state index in [1.807, 2.05) is 18.2 Å². The Morgan fingerprint density at radius 1 is 1.63 bits per heavy atom. The number of nitrogens with one attached hydrogen (secondary N) is 1. The van der Waals surface area contributed by atoms with Gasteiger partial charge in [0.2, 0.25) is 5.91 Å². The first-order chi connectivity index (χ1) is 9.06. The summed E-state index contributed by atoms with van der Waals surface area (Å²) in [7, 11) is 0. The number of carbonyl (C=O) groups is 1. The van der Waals surface area contributed by atoms with Crippen molar-refractivity contribution in [2.75, 3.05) is 5.75 Å². The minimum atomic E-state index is -0.436. The van der Waals surface area contributed by atoms with Gasteiger partial charge >= 0.3 is 0 Å². The van der Waals surface area contributed by atoms with Crippen LogP contribution in [-0.4, -0.2) is 22.9 Å². The lowest BCUT2D eigenvalue weighted by Gasteiger charge is -2.26. The first-order valence-electron chi connectivity index (χ1n) is 6.46. The fourth-order valence-corrected chi connectivity index (χ4v) is 3.41. The van der Waals surface area contributed by atoms with Crippen molar-refractivity contribution in [2.45, 2.75) is 43.2 Å². The van der Waals surface area contributed by atoms with Crippen LogP contribution in [0.5, 0.6) is 0 Å². The molecule has 2 N–H and O–H groups in total. The van der Waals surface area contributed by atoms with Gasteiger partial charge in [0.25, 0.3) is 0 Å². The van der Waals surface area contributed by atoms with E-state index in [9.17, 15) is 9.90 Å². The summed E-state index contributed by atoms with van der Waals surface area (Å²) in [6.07, 6.45) is 1.33. The molecule has 1 aliphatic rings. The Morgan fingerprint density at radius 3 is 3.16 bits per heavy atom. The SMILES string of the molecule is CC(O)CCC(=O)NC1CCSc2ccc(Cl)cc21. The molecule has 104 valence electrons. The van der Waals surface area contributed by atoms with Crippen molar-refractivity contribution < 1.29 is 9.90 Å². The molecule has 5 heteroatoms. The highest BCUT2D eigenvalue weighted by molar-refractivity contribution is 7.99. The number of fused-ring (bicyclic) bond motifs is 1. The van der Waals surface area contributed by atoms with Crippen LogP contribution in [0, 0.1) is 0 Å². The average molecular weight is 300 g/mol. The summed E-state index contributed by atoms with van der Waals surface area (Å²) in [4.78, 5) is 13.0. The molecule has 1 heterocycles. The summed E-state index contributed by atoms with van der Waals surface area (Å²) >= 11 is 7.82. The first kappa shape index (κ1) is 14.7. The minimum absolute atomic E-state index is 0.0104. The fourth-order valence-electron chi connectivity index (χ4n) is 2.12. The van der Waals surface area contributed by atoms with E-state index in [1.54, 1.807) is 18.7 Å². The maximum Gasteiger partial charge on any atom is 0.220 e. The average Bonchev–Trinajstić information content (AvgIpc) is 2.37.